The van der Waals surface area contributed by atoms with Crippen LogP contribution < -0.4 is 5.30 Å². The zero-order chi connectivity index (χ0) is 12.1. The van der Waals surface area contributed by atoms with Gasteiger partial charge in [-0.2, -0.15) is 0 Å². The Morgan fingerprint density at radius 2 is 1.38 bits per heavy atom. The summed E-state index contributed by atoms with van der Waals surface area (Å²) < 4.78 is 0. The Balaban J connectivity index is 3.07. The van der Waals surface area contributed by atoms with Gasteiger partial charge < -0.3 is 10.2 Å². The lowest BCUT2D eigenvalue weighted by Crippen LogP contribution is -2.16. The fourth-order valence-electron chi connectivity index (χ4n) is 2.25. The summed E-state index contributed by atoms with van der Waals surface area (Å²) in [5.41, 5.74) is 3.87. The third-order valence-electron chi connectivity index (χ3n) is 2.69. The Labute approximate surface area is 99.1 Å². The molecule has 0 unspecified atom stereocenters. The van der Waals surface area contributed by atoms with Gasteiger partial charge in [-0.1, -0.05) is 25.6 Å². The average Bonchev–Trinajstić information content (AvgIpc) is 2.16. The van der Waals surface area contributed by atoms with Crippen molar-refractivity contribution in [2.75, 3.05) is 25.5 Å². The summed E-state index contributed by atoms with van der Waals surface area (Å²) in [4.78, 5) is 0. The third-order valence-corrected chi connectivity index (χ3v) is 5.51. The Hall–Kier alpha value is -0.430. The van der Waals surface area contributed by atoms with Crippen molar-refractivity contribution in [2.45, 2.75) is 20.8 Å². The number of hydrogen-bond donors (Lipinski definition) is 2. The van der Waals surface area contributed by atoms with Crippen LogP contribution in [-0.2, 0) is 0 Å². The van der Waals surface area contributed by atoms with Gasteiger partial charge in [0.25, 0.3) is 0 Å². The second-order valence-electron chi connectivity index (χ2n) is 4.18. The number of benzene rings is 1. The normalized spacial score (nSPS) is 11.1. The molecule has 2 N–H and O–H groups in total. The lowest BCUT2D eigenvalue weighted by atomic mass is 10.1. The minimum atomic E-state index is -0.410. The van der Waals surface area contributed by atoms with Crippen molar-refractivity contribution in [3.8, 4) is 0 Å². The summed E-state index contributed by atoms with van der Waals surface area (Å²) in [5, 5.41) is 19.6. The molecule has 0 atom stereocenters. The molecule has 2 nitrogen and oxygen atoms in total. The number of hydrogen-bond acceptors (Lipinski definition) is 2. The van der Waals surface area contributed by atoms with Gasteiger partial charge in [-0.15, -0.1) is 0 Å². The summed E-state index contributed by atoms with van der Waals surface area (Å²) in [5.74, 6) is 0. The quantitative estimate of drug-likeness (QED) is 0.769. The molecule has 0 spiro atoms. The molecule has 0 bridgehead atoms. The van der Waals surface area contributed by atoms with Crippen molar-refractivity contribution in [3.63, 3.8) is 0 Å². The molecule has 0 aromatic heterocycles. The van der Waals surface area contributed by atoms with Crippen LogP contribution in [0.5, 0.6) is 0 Å². The van der Waals surface area contributed by atoms with E-state index in [4.69, 9.17) is 10.2 Å². The van der Waals surface area contributed by atoms with E-state index in [1.54, 1.807) is 0 Å². The third kappa shape index (κ3) is 3.28. The number of aryl methyl sites for hydroxylation is 3. The Bertz CT molecular complexity index is 321. The molecule has 0 aliphatic carbocycles. The van der Waals surface area contributed by atoms with Crippen molar-refractivity contribution in [3.05, 3.63) is 28.8 Å². The van der Waals surface area contributed by atoms with E-state index >= 15 is 0 Å². The molecule has 0 saturated carbocycles. The number of rotatable bonds is 5. The number of aliphatic hydroxyl groups is 2. The van der Waals surface area contributed by atoms with Gasteiger partial charge in [-0.05, 0) is 49.5 Å². The van der Waals surface area contributed by atoms with Crippen LogP contribution >= 0.6 is 7.92 Å². The molecule has 90 valence electrons. The van der Waals surface area contributed by atoms with E-state index in [1.165, 1.54) is 22.0 Å². The van der Waals surface area contributed by atoms with Crippen LogP contribution in [0.1, 0.15) is 16.7 Å². The van der Waals surface area contributed by atoms with Gasteiger partial charge in [0.15, 0.2) is 0 Å². The van der Waals surface area contributed by atoms with E-state index in [9.17, 15) is 0 Å². The van der Waals surface area contributed by atoms with E-state index in [0.717, 1.165) is 12.3 Å². The van der Waals surface area contributed by atoms with E-state index in [1.807, 2.05) is 0 Å². The first-order chi connectivity index (χ1) is 7.60. The minimum Gasteiger partial charge on any atom is -0.396 e. The SMILES string of the molecule is Cc1cc(C)c(P(CCO)CCO)c(C)c1. The molecule has 1 aromatic rings. The summed E-state index contributed by atoms with van der Waals surface area (Å²) in [6.07, 6.45) is 1.58. The fraction of sp³-hybridized carbons (Fsp3) is 0.538. The zero-order valence-electron chi connectivity index (χ0n) is 10.3. The van der Waals surface area contributed by atoms with Crippen molar-refractivity contribution in [2.24, 2.45) is 0 Å². The topological polar surface area (TPSA) is 40.5 Å². The van der Waals surface area contributed by atoms with E-state index in [0.29, 0.717) is 0 Å². The molecule has 0 aliphatic rings. The van der Waals surface area contributed by atoms with Gasteiger partial charge in [0.2, 0.25) is 0 Å². The molecule has 0 heterocycles. The van der Waals surface area contributed by atoms with Gasteiger partial charge >= 0.3 is 0 Å². The summed E-state index contributed by atoms with van der Waals surface area (Å²) in [6, 6.07) is 4.37. The molecule has 0 amide bonds. The first-order valence-corrected chi connectivity index (χ1v) is 7.36. The van der Waals surface area contributed by atoms with Crippen LogP contribution in [0, 0.1) is 20.8 Å². The highest BCUT2D eigenvalue weighted by atomic mass is 31.1. The first-order valence-electron chi connectivity index (χ1n) is 5.64. The monoisotopic (exact) mass is 240 g/mol. The molecule has 16 heavy (non-hydrogen) atoms. The smallest absolute Gasteiger partial charge is 0.0473 e. The van der Waals surface area contributed by atoms with Gasteiger partial charge in [0.1, 0.15) is 0 Å². The summed E-state index contributed by atoms with van der Waals surface area (Å²) in [7, 11) is -0.410. The van der Waals surface area contributed by atoms with Gasteiger partial charge in [0, 0.05) is 13.2 Å². The maximum atomic E-state index is 9.10. The molecule has 0 fully saturated rings. The second-order valence-corrected chi connectivity index (χ2v) is 6.60. The molecule has 3 heteroatoms. The maximum Gasteiger partial charge on any atom is 0.0473 e. The molecule has 1 rings (SSSR count). The summed E-state index contributed by atoms with van der Waals surface area (Å²) in [6.45, 7) is 6.76. The Morgan fingerprint density at radius 3 is 1.75 bits per heavy atom. The van der Waals surface area contributed by atoms with Gasteiger partial charge in [-0.25, -0.2) is 0 Å². The predicted octanol–water partition coefficient (Wildman–Crippen LogP) is 1.70. The van der Waals surface area contributed by atoms with Crippen LogP contribution in [0.3, 0.4) is 0 Å². The van der Waals surface area contributed by atoms with Gasteiger partial charge in [-0.3, -0.25) is 0 Å². The van der Waals surface area contributed by atoms with Crippen LogP contribution in [0.2, 0.25) is 0 Å². The van der Waals surface area contributed by atoms with Crippen molar-refractivity contribution in [1.82, 2.24) is 0 Å². The van der Waals surface area contributed by atoms with Crippen molar-refractivity contribution >= 4 is 13.2 Å². The highest BCUT2D eigenvalue weighted by Crippen LogP contribution is 2.36. The lowest BCUT2D eigenvalue weighted by Gasteiger charge is -2.21. The zero-order valence-corrected chi connectivity index (χ0v) is 11.2. The van der Waals surface area contributed by atoms with E-state index in [-0.39, 0.29) is 13.2 Å². The van der Waals surface area contributed by atoms with Crippen LogP contribution in [0.25, 0.3) is 0 Å². The van der Waals surface area contributed by atoms with Crippen LogP contribution in [0.4, 0.5) is 0 Å². The van der Waals surface area contributed by atoms with E-state index < -0.39 is 7.92 Å². The molecule has 0 aliphatic heterocycles. The highest BCUT2D eigenvalue weighted by Gasteiger charge is 2.15. The first kappa shape index (κ1) is 13.6. The minimum absolute atomic E-state index is 0.207. The van der Waals surface area contributed by atoms with E-state index in [2.05, 4.69) is 32.9 Å². The van der Waals surface area contributed by atoms with Crippen LogP contribution in [0.15, 0.2) is 12.1 Å². The van der Waals surface area contributed by atoms with Crippen molar-refractivity contribution in [1.29, 1.82) is 0 Å². The Morgan fingerprint density at radius 1 is 0.938 bits per heavy atom. The highest BCUT2D eigenvalue weighted by molar-refractivity contribution is 7.65. The summed E-state index contributed by atoms with van der Waals surface area (Å²) >= 11 is 0. The largest absolute Gasteiger partial charge is 0.396 e. The molecule has 0 radical (unpaired) electrons. The predicted molar refractivity (Wildman–Crippen MR) is 71.1 cm³/mol. The average molecular weight is 240 g/mol. The molecular formula is C13H21O2P. The molecule has 1 aromatic carbocycles. The standard InChI is InChI=1S/C13H21O2P/c1-10-8-11(2)13(12(3)9-10)16(6-4-14)7-5-15/h8-9,14-15H,4-7H2,1-3H3. The fourth-order valence-corrected chi connectivity index (χ4v) is 4.53. The van der Waals surface area contributed by atoms with Crippen molar-refractivity contribution < 1.29 is 10.2 Å². The molecular weight excluding hydrogens is 219 g/mol. The maximum absolute atomic E-state index is 9.10. The lowest BCUT2D eigenvalue weighted by molar-refractivity contribution is 0.316. The molecule has 0 saturated heterocycles. The second kappa shape index (κ2) is 6.34. The number of aliphatic hydroxyl groups excluding tert-OH is 2. The Kier molecular flexibility index (Phi) is 5.40. The van der Waals surface area contributed by atoms with Gasteiger partial charge in [0.05, 0.1) is 0 Å². The van der Waals surface area contributed by atoms with Crippen LogP contribution in [-0.4, -0.2) is 35.8 Å².